The molecule has 4 heterocycles. The van der Waals surface area contributed by atoms with Crippen molar-refractivity contribution in [3.63, 3.8) is 0 Å². The van der Waals surface area contributed by atoms with Crippen LogP contribution in [0.25, 0.3) is 0 Å². The van der Waals surface area contributed by atoms with Gasteiger partial charge in [-0.1, -0.05) is 0 Å². The summed E-state index contributed by atoms with van der Waals surface area (Å²) in [6.07, 6.45) is 7.10. The molecule has 1 aromatic heterocycles. The molecule has 0 aromatic carbocycles. The summed E-state index contributed by atoms with van der Waals surface area (Å²) in [5.41, 5.74) is 0.674. The number of aromatic nitrogens is 1. The molecule has 2 unspecified atom stereocenters. The number of hydrogen-bond acceptors (Lipinski definition) is 4. The second kappa shape index (κ2) is 6.09. The van der Waals surface area contributed by atoms with Crippen molar-refractivity contribution in [3.8, 4) is 0 Å². The number of hydrogen-bond donors (Lipinski definition) is 0. The lowest BCUT2D eigenvalue weighted by Gasteiger charge is -2.38. The van der Waals surface area contributed by atoms with E-state index in [4.69, 9.17) is 0 Å². The molecule has 3 fully saturated rings. The average molecular weight is 342 g/mol. The van der Waals surface area contributed by atoms with Crippen LogP contribution in [0, 0.1) is 0 Å². The van der Waals surface area contributed by atoms with Gasteiger partial charge in [-0.25, -0.2) is 4.79 Å². The highest BCUT2D eigenvalue weighted by atomic mass is 16.2. The maximum atomic E-state index is 12.9. The molecule has 0 spiro atoms. The van der Waals surface area contributed by atoms with Crippen molar-refractivity contribution in [2.75, 3.05) is 19.6 Å². The van der Waals surface area contributed by atoms with Crippen LogP contribution in [0.2, 0.25) is 0 Å². The molecule has 0 saturated carbocycles. The first-order valence-corrected chi connectivity index (χ1v) is 9.31. The maximum absolute atomic E-state index is 12.9. The minimum absolute atomic E-state index is 0.0237. The topological polar surface area (TPSA) is 56.8 Å². The van der Waals surface area contributed by atoms with E-state index in [0.717, 1.165) is 45.3 Å². The van der Waals surface area contributed by atoms with Gasteiger partial charge in [-0.05, 0) is 57.2 Å². The van der Waals surface area contributed by atoms with Crippen molar-refractivity contribution in [2.45, 2.75) is 57.2 Å². The van der Waals surface area contributed by atoms with Crippen LogP contribution in [0.15, 0.2) is 24.5 Å². The zero-order valence-electron chi connectivity index (χ0n) is 15.0. The highest BCUT2D eigenvalue weighted by Crippen LogP contribution is 2.39. The van der Waals surface area contributed by atoms with Gasteiger partial charge in [-0.2, -0.15) is 0 Å². The minimum Gasteiger partial charge on any atom is -0.310 e. The standard InChI is InChI=1S/C19H26N4O2/c1-14(15-4-9-20-10-5-15)21-12-6-16(7-13-21)23-17(24)19(2)8-3-11-22(19)18(23)25/h4-5,9-10,14,16H,3,6-8,11-13H2,1-2H3. The van der Waals surface area contributed by atoms with Crippen LogP contribution < -0.4 is 0 Å². The van der Waals surface area contributed by atoms with E-state index < -0.39 is 5.54 Å². The van der Waals surface area contributed by atoms with Crippen molar-refractivity contribution in [1.82, 2.24) is 19.7 Å². The number of fused-ring (bicyclic) bond motifs is 1. The second-order valence-electron chi connectivity index (χ2n) is 7.71. The highest BCUT2D eigenvalue weighted by molar-refractivity contribution is 6.07. The molecule has 3 saturated heterocycles. The molecule has 6 nitrogen and oxygen atoms in total. The van der Waals surface area contributed by atoms with Crippen molar-refractivity contribution >= 4 is 11.9 Å². The minimum atomic E-state index is -0.585. The number of piperidine rings is 1. The van der Waals surface area contributed by atoms with Gasteiger partial charge in [0.1, 0.15) is 5.54 Å². The summed E-state index contributed by atoms with van der Waals surface area (Å²) in [6.45, 7) is 6.67. The van der Waals surface area contributed by atoms with E-state index in [-0.39, 0.29) is 18.0 Å². The van der Waals surface area contributed by atoms with E-state index in [1.165, 1.54) is 5.56 Å². The fourth-order valence-corrected chi connectivity index (χ4v) is 4.67. The quantitative estimate of drug-likeness (QED) is 0.792. The van der Waals surface area contributed by atoms with Gasteiger partial charge in [-0.15, -0.1) is 0 Å². The van der Waals surface area contributed by atoms with Crippen LogP contribution in [0.1, 0.15) is 51.1 Å². The van der Waals surface area contributed by atoms with Crippen LogP contribution in [0.3, 0.4) is 0 Å². The fourth-order valence-electron chi connectivity index (χ4n) is 4.67. The first-order chi connectivity index (χ1) is 12.0. The average Bonchev–Trinajstić information content (AvgIpc) is 3.12. The first kappa shape index (κ1) is 16.5. The van der Waals surface area contributed by atoms with Gasteiger partial charge in [0.15, 0.2) is 0 Å². The lowest BCUT2D eigenvalue weighted by Crippen LogP contribution is -2.49. The summed E-state index contributed by atoms with van der Waals surface area (Å²) in [7, 11) is 0. The van der Waals surface area contributed by atoms with E-state index in [1.807, 2.05) is 19.3 Å². The third-order valence-corrected chi connectivity index (χ3v) is 6.36. The predicted octanol–water partition coefficient (Wildman–Crippen LogP) is 2.42. The molecule has 3 aliphatic rings. The lowest BCUT2D eigenvalue weighted by atomic mass is 9.96. The third kappa shape index (κ3) is 2.54. The Balaban J connectivity index is 1.43. The zero-order valence-corrected chi connectivity index (χ0v) is 15.0. The molecule has 3 aliphatic heterocycles. The van der Waals surface area contributed by atoms with Gasteiger partial charge in [-0.3, -0.25) is 19.6 Å². The molecule has 0 bridgehead atoms. The molecule has 134 valence electrons. The number of pyridine rings is 1. The molecule has 3 amide bonds. The highest BCUT2D eigenvalue weighted by Gasteiger charge is 2.58. The number of nitrogens with zero attached hydrogens (tertiary/aromatic N) is 4. The molecule has 2 atom stereocenters. The molecule has 0 radical (unpaired) electrons. The Bertz CT molecular complexity index is 671. The van der Waals surface area contributed by atoms with Crippen molar-refractivity contribution in [1.29, 1.82) is 0 Å². The SMILES string of the molecule is CC(c1ccncc1)N1CCC(N2C(=O)N3CCCC3(C)C2=O)CC1. The molecule has 25 heavy (non-hydrogen) atoms. The number of urea groups is 1. The number of imide groups is 1. The molecular formula is C19H26N4O2. The third-order valence-electron chi connectivity index (χ3n) is 6.36. The Morgan fingerprint density at radius 3 is 2.48 bits per heavy atom. The summed E-state index contributed by atoms with van der Waals surface area (Å²) in [6, 6.07) is 4.42. The fraction of sp³-hybridized carbons (Fsp3) is 0.632. The van der Waals surface area contributed by atoms with E-state index in [1.54, 1.807) is 9.80 Å². The van der Waals surface area contributed by atoms with Gasteiger partial charge in [0.2, 0.25) is 0 Å². The maximum Gasteiger partial charge on any atom is 0.327 e. The molecule has 0 aliphatic carbocycles. The van der Waals surface area contributed by atoms with Gasteiger partial charge < -0.3 is 4.90 Å². The van der Waals surface area contributed by atoms with Crippen molar-refractivity contribution in [3.05, 3.63) is 30.1 Å². The number of likely N-dealkylation sites (tertiary alicyclic amines) is 1. The van der Waals surface area contributed by atoms with Gasteiger partial charge in [0, 0.05) is 44.1 Å². The molecule has 6 heteroatoms. The summed E-state index contributed by atoms with van der Waals surface area (Å²) < 4.78 is 0. The van der Waals surface area contributed by atoms with Crippen LogP contribution >= 0.6 is 0 Å². The molecule has 4 rings (SSSR count). The Morgan fingerprint density at radius 2 is 1.84 bits per heavy atom. The van der Waals surface area contributed by atoms with E-state index in [0.29, 0.717) is 6.04 Å². The van der Waals surface area contributed by atoms with E-state index in [2.05, 4.69) is 28.9 Å². The van der Waals surface area contributed by atoms with E-state index >= 15 is 0 Å². The largest absolute Gasteiger partial charge is 0.327 e. The summed E-state index contributed by atoms with van der Waals surface area (Å²) in [5, 5.41) is 0. The number of rotatable bonds is 3. The Labute approximate surface area is 148 Å². The monoisotopic (exact) mass is 342 g/mol. The van der Waals surface area contributed by atoms with Crippen LogP contribution in [0.5, 0.6) is 0 Å². The van der Waals surface area contributed by atoms with Gasteiger partial charge >= 0.3 is 6.03 Å². The molecule has 0 N–H and O–H groups in total. The number of amides is 3. The van der Waals surface area contributed by atoms with Crippen LogP contribution in [0.4, 0.5) is 4.79 Å². The molecular weight excluding hydrogens is 316 g/mol. The smallest absolute Gasteiger partial charge is 0.310 e. The zero-order chi connectivity index (χ0) is 17.6. The summed E-state index contributed by atoms with van der Waals surface area (Å²) in [4.78, 5) is 35.5. The summed E-state index contributed by atoms with van der Waals surface area (Å²) >= 11 is 0. The predicted molar refractivity (Wildman–Crippen MR) is 93.8 cm³/mol. The Morgan fingerprint density at radius 1 is 1.16 bits per heavy atom. The second-order valence-corrected chi connectivity index (χ2v) is 7.71. The number of carbonyl (C=O) groups excluding carboxylic acids is 2. The lowest BCUT2D eigenvalue weighted by molar-refractivity contribution is -0.134. The van der Waals surface area contributed by atoms with E-state index in [9.17, 15) is 9.59 Å². The van der Waals surface area contributed by atoms with Gasteiger partial charge in [0.05, 0.1) is 0 Å². The van der Waals surface area contributed by atoms with Crippen LogP contribution in [-0.4, -0.2) is 62.8 Å². The normalized spacial score (nSPS) is 29.4. The van der Waals surface area contributed by atoms with Crippen molar-refractivity contribution in [2.24, 2.45) is 0 Å². The van der Waals surface area contributed by atoms with Crippen LogP contribution in [-0.2, 0) is 4.79 Å². The summed E-state index contributed by atoms with van der Waals surface area (Å²) in [5.74, 6) is 0.0237. The van der Waals surface area contributed by atoms with Crippen molar-refractivity contribution < 1.29 is 9.59 Å². The van der Waals surface area contributed by atoms with Gasteiger partial charge in [0.25, 0.3) is 5.91 Å². The Kier molecular flexibility index (Phi) is 4.02. The molecule has 1 aromatic rings. The first-order valence-electron chi connectivity index (χ1n) is 9.31. The number of carbonyl (C=O) groups is 2. The Hall–Kier alpha value is -1.95.